The maximum atomic E-state index is 16.7. The lowest BCUT2D eigenvalue weighted by Crippen LogP contribution is -2.80. The van der Waals surface area contributed by atoms with E-state index < -0.39 is 86.6 Å². The molecular formula is C65H84N2O11. The van der Waals surface area contributed by atoms with Gasteiger partial charge in [-0.2, -0.15) is 0 Å². The SMILES string of the molecule is C[C@H]1[C@H]([C@H]2C=C3C[C@@H]4CC5(CCCC5)C[C@]45C[C@H]4C[C@@]6(C)[C@H](c7ccoc7C[C@@H]([C@@H]7CC[C@H]8[C@H](C=CN9CNC[C@@H]89)C7)[C@H](O)CO)OC(=O)[C@H]7O[C@]76[C@]6(C)[C@H](O)C(=O)[C@@H]7[C@@]2(C)O[C@]32[C@H]5C(=O)OC[C@@]72[C@@H]46)C=C[C@@H]2CCCC[C@H]12. The highest BCUT2D eigenvalue weighted by molar-refractivity contribution is 5.94. The van der Waals surface area contributed by atoms with Crippen molar-refractivity contribution in [3.05, 3.63) is 59.7 Å². The topological polar surface area (TPSA) is 181 Å². The molecule has 0 aromatic carbocycles. The molecular weight excluding hydrogens is 985 g/mol. The summed E-state index contributed by atoms with van der Waals surface area (Å²) in [5.74, 6) is 0.194. The smallest absolute Gasteiger partial charge is 0.339 e. The van der Waals surface area contributed by atoms with Gasteiger partial charge in [0.15, 0.2) is 11.9 Å². The molecule has 16 aliphatic rings. The van der Waals surface area contributed by atoms with E-state index in [0.717, 1.165) is 76.6 Å². The summed E-state index contributed by atoms with van der Waals surface area (Å²) in [4.78, 5) is 49.9. The Hall–Kier alpha value is -3.33. The molecule has 5 saturated heterocycles. The monoisotopic (exact) mass is 1070 g/mol. The van der Waals surface area contributed by atoms with Gasteiger partial charge in [-0.15, -0.1) is 0 Å². The molecule has 13 nitrogen and oxygen atoms in total. The standard InChI is InChI=1S/C65H84N2O11/c1-33-40-10-6-5-9-34(40)11-13-41(33)45-23-38-22-39-27-61(17-7-8-18-61)30-62(39)26-37-25-58(2)54(43-16-20-74-48(43)24-44(47(69)29-68)35-12-14-42-36(21-35)15-19-67-32-66-28-46(42)67)76-57(73)55-65(58,77-55)59(3)50(37)63-31-75-56(72)52(62)64(38,63)78-60(45,4)51(63)49(70)53(59)71/h11,13,15-16,19-20,23,33-37,39-42,44-47,50-55,66,68-69,71H,5-10,12,14,17-18,21-22,24-32H2,1-4H3/t33-,34+,35-,36-,37-,39-,40-,41-,42+,44+,45-,46+,47-,50+,51-,52+,53-,54+,55-,58+,59+,60+,62-,63-,64+,65-/m1/s1. The van der Waals surface area contributed by atoms with Crippen molar-refractivity contribution in [1.82, 2.24) is 10.2 Å². The molecule has 7 aliphatic heterocycles. The first-order valence-electron chi connectivity index (χ1n) is 31.4. The van der Waals surface area contributed by atoms with Crippen LogP contribution < -0.4 is 5.32 Å². The second-order valence-corrected chi connectivity index (χ2v) is 30.5. The molecule has 420 valence electrons. The van der Waals surface area contributed by atoms with Crippen LogP contribution in [0.15, 0.2) is 52.8 Å². The van der Waals surface area contributed by atoms with E-state index in [2.05, 4.69) is 68.4 Å². The zero-order chi connectivity index (χ0) is 53.1. The Labute approximate surface area is 459 Å². The number of hydrogen-bond acceptors (Lipinski definition) is 13. The highest BCUT2D eigenvalue weighted by atomic mass is 16.7. The van der Waals surface area contributed by atoms with Crippen molar-refractivity contribution in [1.29, 1.82) is 0 Å². The normalized spacial score (nSPS) is 55.3. The predicted molar refractivity (Wildman–Crippen MR) is 283 cm³/mol. The number of Topliss-reactive ketones (excluding diaryl/α,β-unsaturated/α-hetero) is 1. The first-order chi connectivity index (χ1) is 37.5. The largest absolute Gasteiger partial charge is 0.469 e. The van der Waals surface area contributed by atoms with E-state index in [1.807, 2.05) is 6.07 Å². The minimum absolute atomic E-state index is 0.0364. The molecule has 26 atom stereocenters. The number of ether oxygens (including phenoxy) is 4. The van der Waals surface area contributed by atoms with Crippen LogP contribution in [-0.4, -0.2) is 106 Å². The summed E-state index contributed by atoms with van der Waals surface area (Å²) < 4.78 is 35.8. The number of rotatable bonds is 7. The van der Waals surface area contributed by atoms with Crippen LogP contribution in [0.4, 0.5) is 0 Å². The van der Waals surface area contributed by atoms with Gasteiger partial charge in [0.2, 0.25) is 0 Å². The maximum absolute atomic E-state index is 16.7. The van der Waals surface area contributed by atoms with Crippen molar-refractivity contribution in [2.75, 3.05) is 26.4 Å². The lowest BCUT2D eigenvalue weighted by atomic mass is 9.32. The Kier molecular flexibility index (Phi) is 10.0. The molecule has 0 unspecified atom stereocenters. The Bertz CT molecular complexity index is 2870. The number of carbonyl (C=O) groups is 3. The molecule has 78 heavy (non-hydrogen) atoms. The maximum Gasteiger partial charge on any atom is 0.339 e. The quantitative estimate of drug-likeness (QED) is 0.117. The summed E-state index contributed by atoms with van der Waals surface area (Å²) in [6.45, 7) is 10.5. The van der Waals surface area contributed by atoms with Gasteiger partial charge in [0, 0.05) is 41.3 Å². The lowest BCUT2D eigenvalue weighted by molar-refractivity contribution is -0.281. The van der Waals surface area contributed by atoms with Crippen LogP contribution >= 0.6 is 0 Å². The van der Waals surface area contributed by atoms with Crippen LogP contribution in [0.1, 0.15) is 148 Å². The van der Waals surface area contributed by atoms with E-state index in [-0.39, 0.29) is 65.9 Å². The summed E-state index contributed by atoms with van der Waals surface area (Å²) >= 11 is 0. The molecule has 5 bridgehead atoms. The molecule has 17 rings (SSSR count). The van der Waals surface area contributed by atoms with Crippen molar-refractivity contribution >= 4 is 17.7 Å². The molecule has 1 aromatic heterocycles. The molecule has 0 amide bonds. The first kappa shape index (κ1) is 49.3. The molecule has 13 fully saturated rings. The number of ketones is 1. The van der Waals surface area contributed by atoms with Crippen molar-refractivity contribution in [2.45, 2.75) is 184 Å². The van der Waals surface area contributed by atoms with Gasteiger partial charge in [-0.05, 0) is 178 Å². The summed E-state index contributed by atoms with van der Waals surface area (Å²) in [5.41, 5.74) is -5.22. The number of hydrogen-bond donors (Lipinski definition) is 4. The van der Waals surface area contributed by atoms with Crippen LogP contribution in [0.2, 0.25) is 0 Å². The van der Waals surface area contributed by atoms with Crippen molar-refractivity contribution < 1.29 is 53.1 Å². The third-order valence-electron chi connectivity index (χ3n) is 28.1. The lowest BCUT2D eigenvalue weighted by Gasteiger charge is -2.70. The molecule has 5 spiro atoms. The van der Waals surface area contributed by atoms with E-state index in [0.29, 0.717) is 54.2 Å². The fraction of sp³-hybridized carbons (Fsp3) is 0.800. The number of cyclic esters (lactones) is 2. The molecule has 1 aromatic rings. The van der Waals surface area contributed by atoms with Gasteiger partial charge in [-0.1, -0.05) is 70.8 Å². The van der Waals surface area contributed by atoms with E-state index in [4.69, 9.17) is 23.4 Å². The fourth-order valence-corrected chi connectivity index (χ4v) is 25.8. The van der Waals surface area contributed by atoms with Gasteiger partial charge in [0.1, 0.15) is 35.8 Å². The number of allylic oxidation sites excluding steroid dienone is 3. The van der Waals surface area contributed by atoms with Crippen LogP contribution in [0.5, 0.6) is 0 Å². The van der Waals surface area contributed by atoms with Gasteiger partial charge >= 0.3 is 11.9 Å². The number of aliphatic hydroxyl groups excluding tert-OH is 3. The summed E-state index contributed by atoms with van der Waals surface area (Å²) in [6, 6.07) is 2.40. The third-order valence-corrected chi connectivity index (χ3v) is 28.1. The Balaban J connectivity index is 0.814. The average Bonchev–Trinajstić information content (AvgIpc) is 1.43. The first-order valence-corrected chi connectivity index (χ1v) is 31.4. The summed E-state index contributed by atoms with van der Waals surface area (Å²) in [7, 11) is 0. The number of carbonyl (C=O) groups excluding carboxylic acids is 3. The van der Waals surface area contributed by atoms with Crippen LogP contribution in [0.3, 0.4) is 0 Å². The number of fused-ring (bicyclic) bond motifs is 6. The third kappa shape index (κ3) is 5.49. The fourth-order valence-electron chi connectivity index (χ4n) is 25.8. The molecule has 9 aliphatic carbocycles. The highest BCUT2D eigenvalue weighted by Gasteiger charge is 2.97. The number of nitrogens with one attached hydrogen (secondary N) is 1. The predicted octanol–water partition coefficient (Wildman–Crippen LogP) is 8.16. The Morgan fingerprint density at radius 2 is 1.74 bits per heavy atom. The number of aliphatic hydroxyl groups is 3. The van der Waals surface area contributed by atoms with E-state index in [1.165, 1.54) is 44.1 Å². The van der Waals surface area contributed by atoms with Gasteiger partial charge in [0.05, 0.1) is 48.5 Å². The van der Waals surface area contributed by atoms with E-state index in [9.17, 15) is 15.3 Å². The second-order valence-electron chi connectivity index (χ2n) is 30.5. The minimum Gasteiger partial charge on any atom is -0.469 e. The van der Waals surface area contributed by atoms with Crippen LogP contribution in [-0.2, 0) is 39.8 Å². The molecule has 4 N–H and O–H groups in total. The number of nitrogens with zero attached hydrogens (tertiary/aromatic N) is 1. The van der Waals surface area contributed by atoms with Gasteiger partial charge in [0.25, 0.3) is 0 Å². The highest BCUT2D eigenvalue weighted by Crippen LogP contribution is 2.89. The zero-order valence-electron chi connectivity index (χ0n) is 46.4. The van der Waals surface area contributed by atoms with Gasteiger partial charge in [-0.25, -0.2) is 4.79 Å². The number of furan rings is 1. The average molecular weight is 1070 g/mol. The molecule has 8 heterocycles. The van der Waals surface area contributed by atoms with Crippen LogP contribution in [0.25, 0.3) is 0 Å². The van der Waals surface area contributed by atoms with E-state index >= 15 is 14.4 Å². The molecule has 8 saturated carbocycles. The Morgan fingerprint density at radius 1 is 0.910 bits per heavy atom. The zero-order valence-corrected chi connectivity index (χ0v) is 46.4. The van der Waals surface area contributed by atoms with Crippen LogP contribution in [0, 0.1) is 110 Å². The van der Waals surface area contributed by atoms with Crippen molar-refractivity contribution in [3.8, 4) is 0 Å². The number of esters is 2. The summed E-state index contributed by atoms with van der Waals surface area (Å²) in [6.07, 6.45) is 26.5. The molecule has 13 heteroatoms. The summed E-state index contributed by atoms with van der Waals surface area (Å²) in [5, 5.41) is 39.9. The number of epoxide rings is 1. The van der Waals surface area contributed by atoms with Crippen molar-refractivity contribution in [3.63, 3.8) is 0 Å². The second kappa shape index (κ2) is 15.9. The van der Waals surface area contributed by atoms with Gasteiger partial charge in [-0.3, -0.25) is 14.9 Å². The van der Waals surface area contributed by atoms with E-state index in [1.54, 1.807) is 6.26 Å². The molecule has 0 radical (unpaired) electrons. The Morgan fingerprint density at radius 3 is 2.58 bits per heavy atom. The van der Waals surface area contributed by atoms with Crippen molar-refractivity contribution in [2.24, 2.45) is 110 Å². The minimum atomic E-state index is -1.50. The van der Waals surface area contributed by atoms with Gasteiger partial charge < -0.3 is 43.6 Å².